The number of halogens is 1. The molecular weight excluding hydrogens is 407 g/mol. The number of rotatable bonds is 6. The van der Waals surface area contributed by atoms with Gasteiger partial charge in [0.05, 0.1) is 52.6 Å². The van der Waals surface area contributed by atoms with Crippen molar-refractivity contribution in [2.24, 2.45) is 5.92 Å². The molecule has 9 heteroatoms. The van der Waals surface area contributed by atoms with Crippen LogP contribution in [0.5, 0.6) is 11.5 Å². The minimum Gasteiger partial charge on any atom is -0.497 e. The third-order valence-corrected chi connectivity index (χ3v) is 6.08. The highest BCUT2D eigenvalue weighted by molar-refractivity contribution is 7.16. The summed E-state index contributed by atoms with van der Waals surface area (Å²) in [6.45, 7) is 3.35. The molecule has 0 saturated carbocycles. The van der Waals surface area contributed by atoms with Crippen LogP contribution in [0.15, 0.2) is 36.1 Å². The summed E-state index contributed by atoms with van der Waals surface area (Å²) in [5.74, 6) is 1.61. The van der Waals surface area contributed by atoms with E-state index in [-0.39, 0.29) is 11.9 Å². The summed E-state index contributed by atoms with van der Waals surface area (Å²) in [6, 6.07) is 7.04. The predicted molar refractivity (Wildman–Crippen MR) is 113 cm³/mol. The summed E-state index contributed by atoms with van der Waals surface area (Å²) >= 11 is 1.26. The van der Waals surface area contributed by atoms with Gasteiger partial charge in [-0.25, -0.2) is 19.3 Å². The van der Waals surface area contributed by atoms with Crippen molar-refractivity contribution in [2.75, 3.05) is 25.6 Å². The number of benzene rings is 2. The number of aromatic nitrogens is 3. The molecule has 1 aliphatic heterocycles. The van der Waals surface area contributed by atoms with E-state index in [2.05, 4.69) is 20.3 Å². The molecule has 7 nitrogen and oxygen atoms in total. The molecule has 1 aliphatic rings. The Hall–Kier alpha value is -3.04. The molecule has 0 amide bonds. The molecular formula is C21H19FN4O3S. The minimum atomic E-state index is -0.363. The van der Waals surface area contributed by atoms with Gasteiger partial charge in [-0.2, -0.15) is 0 Å². The zero-order valence-corrected chi connectivity index (χ0v) is 17.2. The van der Waals surface area contributed by atoms with E-state index in [0.29, 0.717) is 63.3 Å². The van der Waals surface area contributed by atoms with Gasteiger partial charge in [-0.05, 0) is 19.1 Å². The number of fused-ring (bicyclic) bond motifs is 2. The topological polar surface area (TPSA) is 78.4 Å². The van der Waals surface area contributed by atoms with Gasteiger partial charge in [0.15, 0.2) is 5.82 Å². The lowest BCUT2D eigenvalue weighted by molar-refractivity contribution is -0.0774. The van der Waals surface area contributed by atoms with Crippen molar-refractivity contribution in [1.29, 1.82) is 0 Å². The highest BCUT2D eigenvalue weighted by atomic mass is 32.1. The van der Waals surface area contributed by atoms with Crippen LogP contribution in [-0.4, -0.2) is 41.4 Å². The third kappa shape index (κ3) is 3.29. The van der Waals surface area contributed by atoms with Crippen LogP contribution >= 0.6 is 11.3 Å². The summed E-state index contributed by atoms with van der Waals surface area (Å²) in [4.78, 5) is 12.9. The number of anilines is 2. The Morgan fingerprint density at radius 3 is 2.83 bits per heavy atom. The third-order valence-electron chi connectivity index (χ3n) is 5.24. The molecule has 0 bridgehead atoms. The van der Waals surface area contributed by atoms with Crippen molar-refractivity contribution in [1.82, 2.24) is 15.0 Å². The van der Waals surface area contributed by atoms with Gasteiger partial charge in [0.2, 0.25) is 0 Å². The van der Waals surface area contributed by atoms with Crippen LogP contribution in [0.1, 0.15) is 6.92 Å². The standard InChI is InChI=1S/C21H19FN4O3S/c1-11(12-7-28-8-12)29-17-6-13(27-2)5-16-18(17)21(24-9-23-16)26-14-3-4-15-20(19(14)22)30-10-25-15/h3-6,9-12H,7-8H2,1-2H3,(H,23,24,26)/t11-/m1/s1. The van der Waals surface area contributed by atoms with E-state index in [1.807, 2.05) is 6.92 Å². The van der Waals surface area contributed by atoms with Gasteiger partial charge in [0.1, 0.15) is 29.7 Å². The van der Waals surface area contributed by atoms with Crippen LogP contribution in [0.2, 0.25) is 0 Å². The van der Waals surface area contributed by atoms with Gasteiger partial charge in [-0.1, -0.05) is 0 Å². The lowest BCUT2D eigenvalue weighted by Crippen LogP contribution is -2.39. The molecule has 4 aromatic rings. The van der Waals surface area contributed by atoms with E-state index in [9.17, 15) is 4.39 Å². The Labute approximate surface area is 175 Å². The second-order valence-corrected chi connectivity index (χ2v) is 7.97. The maximum absolute atomic E-state index is 15.0. The number of hydrogen-bond acceptors (Lipinski definition) is 8. The molecule has 1 fully saturated rings. The number of thiazole rings is 1. The molecule has 5 rings (SSSR count). The van der Waals surface area contributed by atoms with Crippen LogP contribution in [-0.2, 0) is 4.74 Å². The second kappa shape index (κ2) is 7.66. The molecule has 2 aromatic heterocycles. The molecule has 1 saturated heterocycles. The molecule has 0 spiro atoms. The van der Waals surface area contributed by atoms with Gasteiger partial charge in [0, 0.05) is 18.1 Å². The first-order chi connectivity index (χ1) is 14.6. The number of nitrogens with one attached hydrogen (secondary N) is 1. The van der Waals surface area contributed by atoms with Crippen molar-refractivity contribution in [3.8, 4) is 11.5 Å². The predicted octanol–water partition coefficient (Wildman–Crippen LogP) is 4.54. The largest absolute Gasteiger partial charge is 0.497 e. The van der Waals surface area contributed by atoms with E-state index in [1.54, 1.807) is 36.9 Å². The number of methoxy groups -OCH3 is 1. The number of hydrogen-bond donors (Lipinski definition) is 1. The fourth-order valence-electron chi connectivity index (χ4n) is 3.38. The lowest BCUT2D eigenvalue weighted by Gasteiger charge is -2.32. The normalized spacial score (nSPS) is 15.2. The van der Waals surface area contributed by atoms with E-state index in [0.717, 1.165) is 0 Å². The summed E-state index contributed by atoms with van der Waals surface area (Å²) < 4.78 is 32.4. The molecule has 2 aromatic carbocycles. The fraction of sp³-hybridized carbons (Fsp3) is 0.286. The SMILES string of the molecule is COc1cc(O[C@H](C)C2COC2)c2c(Nc3ccc4ncsc4c3F)ncnc2c1. The molecule has 1 N–H and O–H groups in total. The molecule has 0 aliphatic carbocycles. The smallest absolute Gasteiger partial charge is 0.166 e. The molecule has 154 valence electrons. The summed E-state index contributed by atoms with van der Waals surface area (Å²) in [6.07, 6.45) is 1.37. The van der Waals surface area contributed by atoms with Gasteiger partial charge in [0.25, 0.3) is 0 Å². The molecule has 30 heavy (non-hydrogen) atoms. The fourth-order valence-corrected chi connectivity index (χ4v) is 4.10. The van der Waals surface area contributed by atoms with Crippen LogP contribution in [0.3, 0.4) is 0 Å². The zero-order chi connectivity index (χ0) is 20.7. The Morgan fingerprint density at radius 1 is 1.20 bits per heavy atom. The van der Waals surface area contributed by atoms with Gasteiger partial charge < -0.3 is 19.5 Å². The van der Waals surface area contributed by atoms with E-state index in [1.165, 1.54) is 17.7 Å². The zero-order valence-electron chi connectivity index (χ0n) is 16.4. The Kier molecular flexibility index (Phi) is 4.84. The van der Waals surface area contributed by atoms with Crippen molar-refractivity contribution < 1.29 is 18.6 Å². The summed E-state index contributed by atoms with van der Waals surface area (Å²) in [5.41, 5.74) is 3.20. The van der Waals surface area contributed by atoms with Crippen LogP contribution in [0.25, 0.3) is 21.1 Å². The number of nitrogens with zero attached hydrogens (tertiary/aromatic N) is 3. The second-order valence-electron chi connectivity index (χ2n) is 7.12. The van der Waals surface area contributed by atoms with Crippen LogP contribution in [0, 0.1) is 11.7 Å². The Morgan fingerprint density at radius 2 is 2.07 bits per heavy atom. The lowest BCUT2D eigenvalue weighted by atomic mass is 10.0. The quantitative estimate of drug-likeness (QED) is 0.485. The first-order valence-electron chi connectivity index (χ1n) is 9.50. The van der Waals surface area contributed by atoms with Crippen molar-refractivity contribution in [3.05, 3.63) is 41.9 Å². The average molecular weight is 426 g/mol. The van der Waals surface area contributed by atoms with Gasteiger partial charge >= 0.3 is 0 Å². The maximum Gasteiger partial charge on any atom is 0.166 e. The van der Waals surface area contributed by atoms with Crippen LogP contribution < -0.4 is 14.8 Å². The highest BCUT2D eigenvalue weighted by Gasteiger charge is 2.27. The highest BCUT2D eigenvalue weighted by Crippen LogP contribution is 2.38. The molecule has 0 radical (unpaired) electrons. The first-order valence-corrected chi connectivity index (χ1v) is 10.4. The Balaban J connectivity index is 1.59. The van der Waals surface area contributed by atoms with E-state index >= 15 is 0 Å². The minimum absolute atomic E-state index is 0.0626. The number of ether oxygens (including phenoxy) is 3. The van der Waals surface area contributed by atoms with Crippen molar-refractivity contribution >= 4 is 44.0 Å². The average Bonchev–Trinajstić information content (AvgIpc) is 3.18. The van der Waals surface area contributed by atoms with E-state index < -0.39 is 0 Å². The summed E-state index contributed by atoms with van der Waals surface area (Å²) in [5, 5.41) is 3.77. The van der Waals surface area contributed by atoms with Crippen molar-refractivity contribution in [3.63, 3.8) is 0 Å². The summed E-state index contributed by atoms with van der Waals surface area (Å²) in [7, 11) is 1.59. The van der Waals surface area contributed by atoms with Crippen molar-refractivity contribution in [2.45, 2.75) is 13.0 Å². The molecule has 0 unspecified atom stereocenters. The molecule has 3 heterocycles. The first kappa shape index (κ1) is 19.0. The monoisotopic (exact) mass is 426 g/mol. The Bertz CT molecular complexity index is 1230. The maximum atomic E-state index is 15.0. The van der Waals surface area contributed by atoms with Crippen LogP contribution in [0.4, 0.5) is 15.9 Å². The van der Waals surface area contributed by atoms with E-state index in [4.69, 9.17) is 14.2 Å². The van der Waals surface area contributed by atoms with Gasteiger partial charge in [-0.3, -0.25) is 0 Å². The van der Waals surface area contributed by atoms with Gasteiger partial charge in [-0.15, -0.1) is 11.3 Å². The molecule has 1 atom stereocenters.